The molecule has 0 aliphatic heterocycles. The molecule has 1 aromatic rings. The van der Waals surface area contributed by atoms with Gasteiger partial charge in [0, 0.05) is 18.3 Å². The SMILES string of the molecule is Cc1nn(CCC(C)N)c(C)c1C. The zero-order valence-corrected chi connectivity index (χ0v) is 8.96. The molecule has 0 aromatic carbocycles. The second-order valence-electron chi connectivity index (χ2n) is 3.78. The van der Waals surface area contributed by atoms with E-state index in [1.54, 1.807) is 0 Å². The molecule has 0 bridgehead atoms. The maximum atomic E-state index is 5.69. The van der Waals surface area contributed by atoms with Crippen LogP contribution in [-0.4, -0.2) is 15.8 Å². The van der Waals surface area contributed by atoms with Crippen LogP contribution in [0.4, 0.5) is 0 Å². The van der Waals surface area contributed by atoms with Gasteiger partial charge in [-0.3, -0.25) is 4.68 Å². The average Bonchev–Trinajstić information content (AvgIpc) is 2.29. The number of nitrogens with two attached hydrogens (primary N) is 1. The molecule has 13 heavy (non-hydrogen) atoms. The van der Waals surface area contributed by atoms with Crippen LogP contribution in [0, 0.1) is 20.8 Å². The van der Waals surface area contributed by atoms with Gasteiger partial charge in [0.25, 0.3) is 0 Å². The van der Waals surface area contributed by atoms with Crippen molar-refractivity contribution >= 4 is 0 Å². The second kappa shape index (κ2) is 3.92. The number of nitrogens with zero attached hydrogens (tertiary/aromatic N) is 2. The van der Waals surface area contributed by atoms with E-state index in [0.29, 0.717) is 0 Å². The largest absolute Gasteiger partial charge is 0.328 e. The maximum absolute atomic E-state index is 5.69. The smallest absolute Gasteiger partial charge is 0.0625 e. The lowest BCUT2D eigenvalue weighted by atomic mass is 10.2. The van der Waals surface area contributed by atoms with E-state index in [4.69, 9.17) is 5.73 Å². The van der Waals surface area contributed by atoms with Crippen LogP contribution >= 0.6 is 0 Å². The molecule has 0 amide bonds. The van der Waals surface area contributed by atoms with Crippen molar-refractivity contribution in [1.82, 2.24) is 9.78 Å². The number of rotatable bonds is 3. The van der Waals surface area contributed by atoms with Crippen molar-refractivity contribution in [2.45, 2.75) is 46.7 Å². The highest BCUT2D eigenvalue weighted by Gasteiger charge is 2.06. The Bertz CT molecular complexity index is 287. The normalized spacial score (nSPS) is 13.3. The predicted molar refractivity (Wildman–Crippen MR) is 54.7 cm³/mol. The van der Waals surface area contributed by atoms with Gasteiger partial charge in [-0.25, -0.2) is 0 Å². The van der Waals surface area contributed by atoms with Gasteiger partial charge in [-0.05, 0) is 39.7 Å². The van der Waals surface area contributed by atoms with Gasteiger partial charge in [0.05, 0.1) is 5.69 Å². The Kier molecular flexibility index (Phi) is 3.09. The molecule has 2 N–H and O–H groups in total. The number of hydrogen-bond acceptors (Lipinski definition) is 2. The van der Waals surface area contributed by atoms with Gasteiger partial charge in [-0.1, -0.05) is 0 Å². The molecule has 0 radical (unpaired) electrons. The van der Waals surface area contributed by atoms with Crippen LogP contribution in [0.15, 0.2) is 0 Å². The van der Waals surface area contributed by atoms with Crippen LogP contribution in [0.1, 0.15) is 30.3 Å². The minimum absolute atomic E-state index is 0.254. The molecule has 74 valence electrons. The molecular formula is C10H19N3. The summed E-state index contributed by atoms with van der Waals surface area (Å²) in [6.07, 6.45) is 0.988. The van der Waals surface area contributed by atoms with Crippen LogP contribution in [0.3, 0.4) is 0 Å². The van der Waals surface area contributed by atoms with Crippen LogP contribution in [-0.2, 0) is 6.54 Å². The molecule has 0 saturated heterocycles. The van der Waals surface area contributed by atoms with E-state index in [1.165, 1.54) is 11.3 Å². The summed E-state index contributed by atoms with van der Waals surface area (Å²) in [6, 6.07) is 0.254. The average molecular weight is 181 g/mol. The third-order valence-corrected chi connectivity index (χ3v) is 2.54. The fraction of sp³-hybridized carbons (Fsp3) is 0.700. The Labute approximate surface area is 79.9 Å². The van der Waals surface area contributed by atoms with Gasteiger partial charge in [0.2, 0.25) is 0 Å². The minimum atomic E-state index is 0.254. The summed E-state index contributed by atoms with van der Waals surface area (Å²) in [5.41, 5.74) is 9.38. The predicted octanol–water partition coefficient (Wildman–Crippen LogP) is 1.55. The van der Waals surface area contributed by atoms with Crippen molar-refractivity contribution in [3.63, 3.8) is 0 Å². The lowest BCUT2D eigenvalue weighted by Crippen LogP contribution is -2.18. The summed E-state index contributed by atoms with van der Waals surface area (Å²) >= 11 is 0. The van der Waals surface area contributed by atoms with Gasteiger partial charge < -0.3 is 5.73 Å². The topological polar surface area (TPSA) is 43.8 Å². The molecule has 0 saturated carbocycles. The van der Waals surface area contributed by atoms with Crippen molar-refractivity contribution < 1.29 is 0 Å². The standard InChI is InChI=1S/C10H19N3/c1-7(11)5-6-13-10(4)8(2)9(3)12-13/h7H,5-6,11H2,1-4H3. The minimum Gasteiger partial charge on any atom is -0.328 e. The summed E-state index contributed by atoms with van der Waals surface area (Å²) in [6.45, 7) is 9.22. The molecule has 1 aromatic heterocycles. The van der Waals surface area contributed by atoms with Crippen molar-refractivity contribution in [2.24, 2.45) is 5.73 Å². The maximum Gasteiger partial charge on any atom is 0.0625 e. The van der Waals surface area contributed by atoms with Gasteiger partial charge in [-0.15, -0.1) is 0 Å². The van der Waals surface area contributed by atoms with E-state index in [0.717, 1.165) is 18.7 Å². The Morgan fingerprint density at radius 1 is 1.38 bits per heavy atom. The van der Waals surface area contributed by atoms with Crippen molar-refractivity contribution in [3.05, 3.63) is 17.0 Å². The first-order valence-corrected chi connectivity index (χ1v) is 4.78. The first-order chi connectivity index (χ1) is 6.02. The molecule has 0 aliphatic rings. The molecule has 0 spiro atoms. The summed E-state index contributed by atoms with van der Waals surface area (Å²) in [7, 11) is 0. The zero-order chi connectivity index (χ0) is 10.0. The number of hydrogen-bond donors (Lipinski definition) is 1. The summed E-state index contributed by atoms with van der Waals surface area (Å²) < 4.78 is 2.05. The molecule has 1 unspecified atom stereocenters. The van der Waals surface area contributed by atoms with Crippen LogP contribution in [0.2, 0.25) is 0 Å². The Morgan fingerprint density at radius 2 is 2.00 bits per heavy atom. The number of aromatic nitrogens is 2. The highest BCUT2D eigenvalue weighted by molar-refractivity contribution is 5.21. The van der Waals surface area contributed by atoms with E-state index in [-0.39, 0.29) is 6.04 Å². The lowest BCUT2D eigenvalue weighted by Gasteiger charge is -2.06. The van der Waals surface area contributed by atoms with Crippen LogP contribution < -0.4 is 5.73 Å². The number of aryl methyl sites for hydroxylation is 2. The van der Waals surface area contributed by atoms with Crippen molar-refractivity contribution in [1.29, 1.82) is 0 Å². The Morgan fingerprint density at radius 3 is 2.38 bits per heavy atom. The first kappa shape index (κ1) is 10.3. The van der Waals surface area contributed by atoms with E-state index in [9.17, 15) is 0 Å². The summed E-state index contributed by atoms with van der Waals surface area (Å²) in [5.74, 6) is 0. The molecule has 0 aliphatic carbocycles. The fourth-order valence-electron chi connectivity index (χ4n) is 1.33. The molecule has 1 atom stereocenters. The molecule has 3 nitrogen and oxygen atoms in total. The highest BCUT2D eigenvalue weighted by atomic mass is 15.3. The highest BCUT2D eigenvalue weighted by Crippen LogP contribution is 2.11. The second-order valence-corrected chi connectivity index (χ2v) is 3.78. The molecular weight excluding hydrogens is 162 g/mol. The molecule has 1 heterocycles. The van der Waals surface area contributed by atoms with Gasteiger partial charge >= 0.3 is 0 Å². The zero-order valence-electron chi connectivity index (χ0n) is 8.96. The molecule has 1 rings (SSSR count). The van der Waals surface area contributed by atoms with Crippen LogP contribution in [0.25, 0.3) is 0 Å². The van der Waals surface area contributed by atoms with E-state index in [1.807, 2.05) is 18.5 Å². The van der Waals surface area contributed by atoms with Gasteiger partial charge in [0.15, 0.2) is 0 Å². The summed E-state index contributed by atoms with van der Waals surface area (Å²) in [4.78, 5) is 0. The van der Waals surface area contributed by atoms with Crippen molar-refractivity contribution in [3.8, 4) is 0 Å². The quantitative estimate of drug-likeness (QED) is 0.768. The third-order valence-electron chi connectivity index (χ3n) is 2.54. The van der Waals surface area contributed by atoms with E-state index < -0.39 is 0 Å². The van der Waals surface area contributed by atoms with Gasteiger partial charge in [-0.2, -0.15) is 5.10 Å². The lowest BCUT2D eigenvalue weighted by molar-refractivity contribution is 0.518. The van der Waals surface area contributed by atoms with Crippen molar-refractivity contribution in [2.75, 3.05) is 0 Å². The molecule has 0 fully saturated rings. The fourth-order valence-corrected chi connectivity index (χ4v) is 1.33. The van der Waals surface area contributed by atoms with E-state index in [2.05, 4.69) is 18.9 Å². The first-order valence-electron chi connectivity index (χ1n) is 4.78. The van der Waals surface area contributed by atoms with E-state index >= 15 is 0 Å². The summed E-state index contributed by atoms with van der Waals surface area (Å²) in [5, 5.41) is 4.44. The van der Waals surface area contributed by atoms with Gasteiger partial charge in [0.1, 0.15) is 0 Å². The molecule has 3 heteroatoms. The monoisotopic (exact) mass is 181 g/mol. The Hall–Kier alpha value is -0.830. The van der Waals surface area contributed by atoms with Crippen LogP contribution in [0.5, 0.6) is 0 Å². The third kappa shape index (κ3) is 2.31. The Balaban J connectivity index is 2.72.